The third kappa shape index (κ3) is 3.09. The number of carbonyl (C=O) groups is 1. The van der Waals surface area contributed by atoms with Gasteiger partial charge in [0.2, 0.25) is 0 Å². The van der Waals surface area contributed by atoms with Gasteiger partial charge in [-0.15, -0.1) is 0 Å². The maximum atomic E-state index is 13.1. The molecule has 4 rings (SSSR count). The molecule has 0 spiro atoms. The van der Waals surface area contributed by atoms with Crippen LogP contribution in [0.15, 0.2) is 42.5 Å². The van der Waals surface area contributed by atoms with Crippen LogP contribution in [0.5, 0.6) is 11.5 Å². The predicted octanol–water partition coefficient (Wildman–Crippen LogP) is 3.50. The minimum Gasteiger partial charge on any atom is -0.486 e. The highest BCUT2D eigenvalue weighted by molar-refractivity contribution is 5.95. The molecule has 1 fully saturated rings. The van der Waals surface area contributed by atoms with Gasteiger partial charge in [0.05, 0.1) is 6.04 Å². The van der Waals surface area contributed by atoms with Crippen molar-refractivity contribution < 1.29 is 14.3 Å². The third-order valence-electron chi connectivity index (χ3n) is 5.07. The molecule has 2 aliphatic heterocycles. The molecule has 5 heteroatoms. The van der Waals surface area contributed by atoms with E-state index >= 15 is 0 Å². The van der Waals surface area contributed by atoms with E-state index in [2.05, 4.69) is 6.07 Å². The van der Waals surface area contributed by atoms with Crippen molar-refractivity contribution in [3.05, 3.63) is 53.6 Å². The highest BCUT2D eigenvalue weighted by atomic mass is 16.6. The lowest BCUT2D eigenvalue weighted by Gasteiger charge is -2.27. The molecule has 26 heavy (non-hydrogen) atoms. The van der Waals surface area contributed by atoms with Crippen molar-refractivity contribution >= 4 is 11.6 Å². The summed E-state index contributed by atoms with van der Waals surface area (Å²) in [5, 5.41) is 0. The molecule has 1 amide bonds. The molecule has 5 nitrogen and oxygen atoms in total. The van der Waals surface area contributed by atoms with E-state index in [4.69, 9.17) is 9.47 Å². The van der Waals surface area contributed by atoms with E-state index in [-0.39, 0.29) is 11.9 Å². The number of nitrogens with zero attached hydrogens (tertiary/aromatic N) is 2. The minimum atomic E-state index is 0.0846. The summed E-state index contributed by atoms with van der Waals surface area (Å²) in [6.45, 7) is 1.94. The Bertz CT molecular complexity index is 819. The van der Waals surface area contributed by atoms with E-state index in [1.165, 1.54) is 0 Å². The first kappa shape index (κ1) is 16.8. The number of amides is 1. The second kappa shape index (κ2) is 6.90. The summed E-state index contributed by atoms with van der Waals surface area (Å²) in [4.78, 5) is 17.1. The number of anilines is 1. The van der Waals surface area contributed by atoms with Crippen molar-refractivity contribution in [2.75, 3.05) is 38.8 Å². The van der Waals surface area contributed by atoms with E-state index < -0.39 is 0 Å². The van der Waals surface area contributed by atoms with Gasteiger partial charge in [0, 0.05) is 31.9 Å². The van der Waals surface area contributed by atoms with Crippen LogP contribution in [-0.4, -0.2) is 44.7 Å². The van der Waals surface area contributed by atoms with E-state index in [1.54, 1.807) is 0 Å². The Morgan fingerprint density at radius 1 is 1.08 bits per heavy atom. The van der Waals surface area contributed by atoms with Crippen LogP contribution in [0.2, 0.25) is 0 Å². The van der Waals surface area contributed by atoms with E-state index in [9.17, 15) is 4.79 Å². The highest BCUT2D eigenvalue weighted by Gasteiger charge is 2.31. The first-order valence-corrected chi connectivity index (χ1v) is 9.11. The summed E-state index contributed by atoms with van der Waals surface area (Å²) in [6.07, 6.45) is 1.98. The molecule has 2 aromatic rings. The Morgan fingerprint density at radius 3 is 2.69 bits per heavy atom. The number of rotatable bonds is 3. The van der Waals surface area contributed by atoms with Crippen molar-refractivity contribution in [3.63, 3.8) is 0 Å². The Morgan fingerprint density at radius 2 is 1.88 bits per heavy atom. The Labute approximate surface area is 154 Å². The summed E-state index contributed by atoms with van der Waals surface area (Å²) in [7, 11) is 3.97. The largest absolute Gasteiger partial charge is 0.486 e. The van der Waals surface area contributed by atoms with Crippen LogP contribution in [0, 0.1) is 0 Å². The SMILES string of the molecule is CN(C)c1cccc(C(=O)N2CCCC2c2ccc3c(c2)OCCO3)c1. The predicted molar refractivity (Wildman–Crippen MR) is 101 cm³/mol. The standard InChI is InChI=1S/C21H24N2O3/c1-22(2)17-6-3-5-16(13-17)21(24)23-10-4-7-18(23)15-8-9-19-20(14-15)26-12-11-25-19/h3,5-6,8-9,13-14,18H,4,7,10-12H2,1-2H3. The van der Waals surface area contributed by atoms with Crippen LogP contribution in [0.1, 0.15) is 34.8 Å². The number of fused-ring (bicyclic) bond motifs is 1. The molecule has 2 aliphatic rings. The second-order valence-electron chi connectivity index (χ2n) is 7.00. The fraction of sp³-hybridized carbons (Fsp3) is 0.381. The van der Waals surface area contributed by atoms with Gasteiger partial charge in [0.25, 0.3) is 5.91 Å². The molecule has 0 aromatic heterocycles. The minimum absolute atomic E-state index is 0.0846. The lowest BCUT2D eigenvalue weighted by Crippen LogP contribution is -2.30. The van der Waals surface area contributed by atoms with Gasteiger partial charge >= 0.3 is 0 Å². The topological polar surface area (TPSA) is 42.0 Å². The van der Waals surface area contributed by atoms with Crippen LogP contribution in [0.3, 0.4) is 0 Å². The molecular formula is C21H24N2O3. The quantitative estimate of drug-likeness (QED) is 0.848. The van der Waals surface area contributed by atoms with E-state index in [0.29, 0.717) is 13.2 Å². The molecule has 0 aliphatic carbocycles. The van der Waals surface area contributed by atoms with Crippen molar-refractivity contribution in [1.29, 1.82) is 0 Å². The number of benzene rings is 2. The van der Waals surface area contributed by atoms with Crippen molar-refractivity contribution in [2.45, 2.75) is 18.9 Å². The Kier molecular flexibility index (Phi) is 4.45. The molecule has 0 bridgehead atoms. The average molecular weight is 352 g/mol. The summed E-state index contributed by atoms with van der Waals surface area (Å²) < 4.78 is 11.3. The molecule has 1 unspecified atom stereocenters. The maximum Gasteiger partial charge on any atom is 0.254 e. The Balaban J connectivity index is 1.60. The summed E-state index contributed by atoms with van der Waals surface area (Å²) in [5.74, 6) is 1.66. The normalized spacial score (nSPS) is 18.7. The molecule has 0 radical (unpaired) electrons. The Hall–Kier alpha value is -2.69. The van der Waals surface area contributed by atoms with E-state index in [0.717, 1.165) is 47.7 Å². The zero-order valence-corrected chi connectivity index (χ0v) is 15.3. The molecule has 1 atom stereocenters. The van der Waals surface area contributed by atoms with Crippen LogP contribution in [0.4, 0.5) is 5.69 Å². The fourth-order valence-corrected chi connectivity index (χ4v) is 3.71. The summed E-state index contributed by atoms with van der Waals surface area (Å²) in [6, 6.07) is 13.9. The molecule has 1 saturated heterocycles. The summed E-state index contributed by atoms with van der Waals surface area (Å²) >= 11 is 0. The maximum absolute atomic E-state index is 13.1. The lowest BCUT2D eigenvalue weighted by atomic mass is 10.0. The third-order valence-corrected chi connectivity index (χ3v) is 5.07. The molecule has 2 aromatic carbocycles. The average Bonchev–Trinajstić information content (AvgIpc) is 3.17. The molecule has 2 heterocycles. The monoisotopic (exact) mass is 352 g/mol. The fourth-order valence-electron chi connectivity index (χ4n) is 3.71. The number of likely N-dealkylation sites (tertiary alicyclic amines) is 1. The second-order valence-corrected chi connectivity index (χ2v) is 7.00. The highest BCUT2D eigenvalue weighted by Crippen LogP contribution is 2.38. The zero-order valence-electron chi connectivity index (χ0n) is 15.3. The zero-order chi connectivity index (χ0) is 18.1. The van der Waals surface area contributed by atoms with Crippen molar-refractivity contribution in [1.82, 2.24) is 4.90 Å². The number of carbonyl (C=O) groups excluding carboxylic acids is 1. The van der Waals surface area contributed by atoms with Crippen molar-refractivity contribution in [3.8, 4) is 11.5 Å². The van der Waals surface area contributed by atoms with Gasteiger partial charge in [0.15, 0.2) is 11.5 Å². The van der Waals surface area contributed by atoms with Crippen LogP contribution < -0.4 is 14.4 Å². The van der Waals surface area contributed by atoms with Gasteiger partial charge in [-0.25, -0.2) is 0 Å². The smallest absolute Gasteiger partial charge is 0.254 e. The van der Waals surface area contributed by atoms with Gasteiger partial charge in [-0.3, -0.25) is 4.79 Å². The molecule has 0 N–H and O–H groups in total. The van der Waals surface area contributed by atoms with E-state index in [1.807, 2.05) is 60.3 Å². The van der Waals surface area contributed by atoms with Crippen molar-refractivity contribution in [2.24, 2.45) is 0 Å². The molecule has 0 saturated carbocycles. The molecule has 136 valence electrons. The van der Waals surface area contributed by atoms with Crippen LogP contribution in [0.25, 0.3) is 0 Å². The van der Waals surface area contributed by atoms with Crippen LogP contribution in [-0.2, 0) is 0 Å². The summed E-state index contributed by atoms with van der Waals surface area (Å²) in [5.41, 5.74) is 2.88. The first-order chi connectivity index (χ1) is 12.6. The lowest BCUT2D eigenvalue weighted by molar-refractivity contribution is 0.0735. The van der Waals surface area contributed by atoms with Crippen LogP contribution >= 0.6 is 0 Å². The molecular weight excluding hydrogens is 328 g/mol. The number of hydrogen-bond acceptors (Lipinski definition) is 4. The van der Waals surface area contributed by atoms with Gasteiger partial charge < -0.3 is 19.3 Å². The van der Waals surface area contributed by atoms with Gasteiger partial charge in [-0.2, -0.15) is 0 Å². The van der Waals surface area contributed by atoms with Gasteiger partial charge in [0.1, 0.15) is 13.2 Å². The first-order valence-electron chi connectivity index (χ1n) is 9.11. The van der Waals surface area contributed by atoms with Gasteiger partial charge in [-0.05, 0) is 48.7 Å². The number of ether oxygens (including phenoxy) is 2. The van der Waals surface area contributed by atoms with Gasteiger partial charge in [-0.1, -0.05) is 12.1 Å². The number of hydrogen-bond donors (Lipinski definition) is 0.